The van der Waals surface area contributed by atoms with Gasteiger partial charge < -0.3 is 4.74 Å². The molecular weight excluding hydrogens is 224 g/mol. The predicted molar refractivity (Wildman–Crippen MR) is 72.4 cm³/mol. The van der Waals surface area contributed by atoms with Crippen molar-refractivity contribution >= 4 is 5.97 Å². The molecule has 2 rings (SSSR count). The Kier molecular flexibility index (Phi) is 4.57. The summed E-state index contributed by atoms with van der Waals surface area (Å²) < 4.78 is 5.57. The van der Waals surface area contributed by atoms with Crippen molar-refractivity contribution in [3.8, 4) is 0 Å². The summed E-state index contributed by atoms with van der Waals surface area (Å²) in [6, 6.07) is 9.15. The lowest BCUT2D eigenvalue weighted by molar-refractivity contribution is 0.0227. The molecule has 96 valence electrons. The molecule has 0 aliphatic heterocycles. The average Bonchev–Trinajstić information content (AvgIpc) is 2.46. The van der Waals surface area contributed by atoms with Gasteiger partial charge in [0.05, 0.1) is 5.56 Å². The number of carbonyl (C=O) groups excluding carboxylic acids is 1. The van der Waals surface area contributed by atoms with Crippen LogP contribution in [-0.2, 0) is 4.74 Å². The second-order valence-corrected chi connectivity index (χ2v) is 4.87. The molecule has 0 bridgehead atoms. The van der Waals surface area contributed by atoms with Crippen molar-refractivity contribution in [2.24, 2.45) is 5.92 Å². The van der Waals surface area contributed by atoms with Gasteiger partial charge in [0, 0.05) is 0 Å². The first-order valence-corrected chi connectivity index (χ1v) is 6.70. The van der Waals surface area contributed by atoms with Crippen molar-refractivity contribution in [3.63, 3.8) is 0 Å². The molecule has 1 aromatic carbocycles. The molecule has 0 spiro atoms. The third-order valence-corrected chi connectivity index (χ3v) is 3.60. The quantitative estimate of drug-likeness (QED) is 0.591. The second kappa shape index (κ2) is 6.39. The van der Waals surface area contributed by atoms with E-state index in [9.17, 15) is 4.79 Å². The molecule has 1 aromatic rings. The molecule has 1 aliphatic rings. The number of benzene rings is 1. The van der Waals surface area contributed by atoms with Gasteiger partial charge in [0.25, 0.3) is 0 Å². The first-order valence-electron chi connectivity index (χ1n) is 6.70. The zero-order valence-electron chi connectivity index (χ0n) is 10.7. The van der Waals surface area contributed by atoms with Crippen molar-refractivity contribution in [2.45, 2.75) is 38.2 Å². The summed E-state index contributed by atoms with van der Waals surface area (Å²) in [4.78, 5) is 12.0. The van der Waals surface area contributed by atoms with E-state index in [4.69, 9.17) is 4.74 Å². The van der Waals surface area contributed by atoms with Crippen LogP contribution in [0.3, 0.4) is 0 Å². The molecule has 2 heteroatoms. The molecule has 0 saturated heterocycles. The Morgan fingerprint density at radius 1 is 1.22 bits per heavy atom. The van der Waals surface area contributed by atoms with E-state index in [0.29, 0.717) is 11.5 Å². The third-order valence-electron chi connectivity index (χ3n) is 3.60. The predicted octanol–water partition coefficient (Wildman–Crippen LogP) is 3.98. The van der Waals surface area contributed by atoms with Crippen LogP contribution < -0.4 is 0 Å². The van der Waals surface area contributed by atoms with Gasteiger partial charge in [0.1, 0.15) is 6.10 Å². The van der Waals surface area contributed by atoms with E-state index >= 15 is 0 Å². The molecule has 1 atom stereocenters. The summed E-state index contributed by atoms with van der Waals surface area (Å²) in [7, 11) is 0. The molecule has 0 amide bonds. The van der Waals surface area contributed by atoms with Crippen molar-refractivity contribution in [1.82, 2.24) is 0 Å². The van der Waals surface area contributed by atoms with Gasteiger partial charge in [-0.2, -0.15) is 0 Å². The largest absolute Gasteiger partial charge is 0.454 e. The Labute approximate surface area is 109 Å². The van der Waals surface area contributed by atoms with E-state index in [1.807, 2.05) is 18.2 Å². The fourth-order valence-electron chi connectivity index (χ4n) is 2.57. The van der Waals surface area contributed by atoms with Crippen LogP contribution >= 0.6 is 0 Å². The molecule has 1 saturated carbocycles. The monoisotopic (exact) mass is 244 g/mol. The molecule has 0 N–H and O–H groups in total. The minimum atomic E-state index is -0.244. The molecular formula is C16H20O2. The zero-order chi connectivity index (χ0) is 12.8. The summed E-state index contributed by atoms with van der Waals surface area (Å²) in [5.41, 5.74) is 0.611. The highest BCUT2D eigenvalue weighted by molar-refractivity contribution is 5.89. The lowest BCUT2D eigenvalue weighted by atomic mass is 9.85. The molecule has 0 heterocycles. The smallest absolute Gasteiger partial charge is 0.338 e. The van der Waals surface area contributed by atoms with Crippen molar-refractivity contribution in [3.05, 3.63) is 48.6 Å². The van der Waals surface area contributed by atoms with Gasteiger partial charge in [0.2, 0.25) is 0 Å². The lowest BCUT2D eigenvalue weighted by Gasteiger charge is -2.27. The molecule has 1 fully saturated rings. The Morgan fingerprint density at radius 3 is 2.50 bits per heavy atom. The number of hydrogen-bond acceptors (Lipinski definition) is 2. The molecule has 18 heavy (non-hydrogen) atoms. The maximum absolute atomic E-state index is 12.0. The van der Waals surface area contributed by atoms with Crippen LogP contribution in [0.25, 0.3) is 0 Å². The van der Waals surface area contributed by atoms with Crippen LogP contribution in [0.5, 0.6) is 0 Å². The Hall–Kier alpha value is -1.57. The topological polar surface area (TPSA) is 26.3 Å². The maximum atomic E-state index is 12.0. The van der Waals surface area contributed by atoms with E-state index in [-0.39, 0.29) is 12.1 Å². The number of esters is 1. The first kappa shape index (κ1) is 12.9. The average molecular weight is 244 g/mol. The highest BCUT2D eigenvalue weighted by Crippen LogP contribution is 2.28. The fourth-order valence-corrected chi connectivity index (χ4v) is 2.57. The second-order valence-electron chi connectivity index (χ2n) is 4.87. The third kappa shape index (κ3) is 3.22. The van der Waals surface area contributed by atoms with Gasteiger partial charge in [-0.3, -0.25) is 0 Å². The minimum absolute atomic E-state index is 0.141. The van der Waals surface area contributed by atoms with E-state index < -0.39 is 0 Å². The van der Waals surface area contributed by atoms with Crippen LogP contribution in [0, 0.1) is 5.92 Å². The standard InChI is InChI=1S/C16H20O2/c1-2-15(13-9-5-3-6-10-13)18-16(17)14-11-7-4-8-12-14/h2,4,7-8,11-13,15H,1,3,5-6,9-10H2. The number of ether oxygens (including phenoxy) is 1. The van der Waals surface area contributed by atoms with E-state index in [1.165, 1.54) is 19.3 Å². The van der Waals surface area contributed by atoms with Gasteiger partial charge in [-0.15, -0.1) is 0 Å². The van der Waals surface area contributed by atoms with Gasteiger partial charge in [-0.05, 0) is 30.9 Å². The summed E-state index contributed by atoms with van der Waals surface area (Å²) in [6.45, 7) is 3.81. The normalized spacial score (nSPS) is 18.0. The van der Waals surface area contributed by atoms with Gasteiger partial charge in [-0.25, -0.2) is 4.79 Å². The SMILES string of the molecule is C=CC(OC(=O)c1ccccc1)C1CCCCC1. The molecule has 2 nitrogen and oxygen atoms in total. The van der Waals surface area contributed by atoms with E-state index in [0.717, 1.165) is 12.8 Å². The van der Waals surface area contributed by atoms with Crippen LogP contribution in [0.15, 0.2) is 43.0 Å². The summed E-state index contributed by atoms with van der Waals surface area (Å²) in [5.74, 6) is 0.204. The fraction of sp³-hybridized carbons (Fsp3) is 0.438. The van der Waals surface area contributed by atoms with Crippen LogP contribution in [0.1, 0.15) is 42.5 Å². The van der Waals surface area contributed by atoms with Gasteiger partial charge in [-0.1, -0.05) is 50.1 Å². The maximum Gasteiger partial charge on any atom is 0.338 e. The van der Waals surface area contributed by atoms with Crippen molar-refractivity contribution in [1.29, 1.82) is 0 Å². The summed E-state index contributed by atoms with van der Waals surface area (Å²) in [5, 5.41) is 0. The lowest BCUT2D eigenvalue weighted by Crippen LogP contribution is -2.26. The molecule has 1 aliphatic carbocycles. The van der Waals surface area contributed by atoms with Crippen LogP contribution in [0.4, 0.5) is 0 Å². The summed E-state index contributed by atoms with van der Waals surface area (Å²) in [6.07, 6.45) is 7.68. The van der Waals surface area contributed by atoms with E-state index in [2.05, 4.69) is 6.58 Å². The number of rotatable bonds is 4. The minimum Gasteiger partial charge on any atom is -0.454 e. The summed E-state index contributed by atoms with van der Waals surface area (Å²) >= 11 is 0. The Bertz CT molecular complexity index is 391. The zero-order valence-corrected chi connectivity index (χ0v) is 10.7. The van der Waals surface area contributed by atoms with Gasteiger partial charge in [0.15, 0.2) is 0 Å². The Morgan fingerprint density at radius 2 is 1.89 bits per heavy atom. The first-order chi connectivity index (χ1) is 8.81. The van der Waals surface area contributed by atoms with Crippen LogP contribution in [-0.4, -0.2) is 12.1 Å². The highest BCUT2D eigenvalue weighted by Gasteiger charge is 2.24. The van der Waals surface area contributed by atoms with E-state index in [1.54, 1.807) is 18.2 Å². The molecule has 1 unspecified atom stereocenters. The van der Waals surface area contributed by atoms with Crippen LogP contribution in [0.2, 0.25) is 0 Å². The highest BCUT2D eigenvalue weighted by atomic mass is 16.5. The van der Waals surface area contributed by atoms with Crippen molar-refractivity contribution in [2.75, 3.05) is 0 Å². The number of carbonyl (C=O) groups is 1. The molecule has 0 aromatic heterocycles. The molecule has 0 radical (unpaired) electrons. The number of hydrogen-bond donors (Lipinski definition) is 0. The van der Waals surface area contributed by atoms with Crippen molar-refractivity contribution < 1.29 is 9.53 Å². The van der Waals surface area contributed by atoms with Gasteiger partial charge >= 0.3 is 5.97 Å². The Balaban J connectivity index is 1.97.